The van der Waals surface area contributed by atoms with E-state index in [0.717, 1.165) is 19.4 Å². The molecular formula is C9H16O3. The van der Waals surface area contributed by atoms with Crippen LogP contribution in [0.5, 0.6) is 0 Å². The Bertz CT molecular complexity index is 182. The summed E-state index contributed by atoms with van der Waals surface area (Å²) in [6.07, 6.45) is 1.55. The summed E-state index contributed by atoms with van der Waals surface area (Å²) in [5.74, 6) is 0. The first-order valence-corrected chi connectivity index (χ1v) is 4.53. The molecule has 3 heteroatoms. The first-order chi connectivity index (χ1) is 5.57. The lowest BCUT2D eigenvalue weighted by molar-refractivity contribution is -0.356. The highest BCUT2D eigenvalue weighted by Crippen LogP contribution is 2.45. The zero-order valence-electron chi connectivity index (χ0n) is 7.67. The zero-order valence-corrected chi connectivity index (χ0v) is 7.67. The third kappa shape index (κ3) is 1.00. The minimum Gasteiger partial charge on any atom is -0.387 e. The van der Waals surface area contributed by atoms with Crippen LogP contribution in [0.15, 0.2) is 0 Å². The molecule has 0 bridgehead atoms. The fraction of sp³-hybridized carbons (Fsp3) is 1.00. The van der Waals surface area contributed by atoms with Gasteiger partial charge in [-0.25, -0.2) is 0 Å². The van der Waals surface area contributed by atoms with E-state index in [2.05, 4.69) is 0 Å². The third-order valence-corrected chi connectivity index (χ3v) is 2.86. The Morgan fingerprint density at radius 2 is 2.17 bits per heavy atom. The van der Waals surface area contributed by atoms with Crippen molar-refractivity contribution in [1.82, 2.24) is 0 Å². The van der Waals surface area contributed by atoms with Gasteiger partial charge in [-0.15, -0.1) is 0 Å². The molecule has 70 valence electrons. The van der Waals surface area contributed by atoms with Crippen LogP contribution in [-0.2, 0) is 9.47 Å². The molecular weight excluding hydrogens is 156 g/mol. The lowest BCUT2D eigenvalue weighted by Gasteiger charge is -2.58. The topological polar surface area (TPSA) is 38.7 Å². The smallest absolute Gasteiger partial charge is 0.121 e. The molecule has 0 amide bonds. The van der Waals surface area contributed by atoms with E-state index in [0.29, 0.717) is 6.61 Å². The molecule has 0 aromatic heterocycles. The van der Waals surface area contributed by atoms with Crippen molar-refractivity contribution < 1.29 is 14.6 Å². The lowest BCUT2D eigenvalue weighted by Crippen LogP contribution is -2.72. The van der Waals surface area contributed by atoms with Crippen LogP contribution in [-0.4, -0.2) is 35.6 Å². The van der Waals surface area contributed by atoms with Gasteiger partial charge in [0, 0.05) is 6.61 Å². The maximum absolute atomic E-state index is 9.85. The normalized spacial score (nSPS) is 45.8. The maximum Gasteiger partial charge on any atom is 0.121 e. The average molecular weight is 172 g/mol. The van der Waals surface area contributed by atoms with Gasteiger partial charge in [0.2, 0.25) is 0 Å². The molecule has 2 rings (SSSR count). The van der Waals surface area contributed by atoms with Crippen molar-refractivity contribution in [3.05, 3.63) is 0 Å². The van der Waals surface area contributed by atoms with Gasteiger partial charge in [0.05, 0.1) is 12.2 Å². The van der Waals surface area contributed by atoms with Crippen molar-refractivity contribution >= 4 is 0 Å². The standard InChI is InChI=1S/C9H16O3/c1-8(2)7(10)9(12-8)4-3-5-11-6-9/h7,10H,3-6H2,1-2H3. The van der Waals surface area contributed by atoms with E-state index in [1.165, 1.54) is 0 Å². The molecule has 2 unspecified atom stereocenters. The van der Waals surface area contributed by atoms with Crippen molar-refractivity contribution in [3.8, 4) is 0 Å². The van der Waals surface area contributed by atoms with Gasteiger partial charge in [-0.2, -0.15) is 0 Å². The van der Waals surface area contributed by atoms with Gasteiger partial charge in [-0.05, 0) is 26.7 Å². The van der Waals surface area contributed by atoms with Gasteiger partial charge in [-0.1, -0.05) is 0 Å². The predicted octanol–water partition coefficient (Wildman–Crippen LogP) is 0.705. The molecule has 2 aliphatic heterocycles. The molecule has 0 aromatic carbocycles. The maximum atomic E-state index is 9.85. The van der Waals surface area contributed by atoms with Crippen molar-refractivity contribution in [2.45, 2.75) is 44.0 Å². The van der Waals surface area contributed by atoms with Gasteiger partial charge in [0.15, 0.2) is 0 Å². The summed E-state index contributed by atoms with van der Waals surface area (Å²) in [4.78, 5) is 0. The Morgan fingerprint density at radius 3 is 2.58 bits per heavy atom. The minimum absolute atomic E-state index is 0.370. The number of hydrogen-bond acceptors (Lipinski definition) is 3. The van der Waals surface area contributed by atoms with Crippen LogP contribution in [0.3, 0.4) is 0 Å². The summed E-state index contributed by atoms with van der Waals surface area (Å²) in [5.41, 5.74) is -0.748. The second-order valence-corrected chi connectivity index (χ2v) is 4.33. The summed E-state index contributed by atoms with van der Waals surface area (Å²) in [5, 5.41) is 9.85. The minimum atomic E-state index is -0.374. The van der Waals surface area contributed by atoms with Crippen LogP contribution < -0.4 is 0 Å². The Morgan fingerprint density at radius 1 is 1.42 bits per heavy atom. The Balaban J connectivity index is 2.05. The van der Waals surface area contributed by atoms with E-state index in [-0.39, 0.29) is 17.3 Å². The highest BCUT2D eigenvalue weighted by Gasteiger charge is 2.60. The van der Waals surface area contributed by atoms with Gasteiger partial charge in [0.25, 0.3) is 0 Å². The SMILES string of the molecule is CC1(C)OC2(CCCOC2)C1O. The van der Waals surface area contributed by atoms with Gasteiger partial charge < -0.3 is 14.6 Å². The largest absolute Gasteiger partial charge is 0.387 e. The Labute approximate surface area is 72.7 Å². The fourth-order valence-electron chi connectivity index (χ4n) is 2.30. The van der Waals surface area contributed by atoms with Gasteiger partial charge >= 0.3 is 0 Å². The molecule has 1 spiro atoms. The molecule has 3 nitrogen and oxygen atoms in total. The van der Waals surface area contributed by atoms with Crippen molar-refractivity contribution in [1.29, 1.82) is 0 Å². The Kier molecular flexibility index (Phi) is 1.72. The van der Waals surface area contributed by atoms with E-state index in [4.69, 9.17) is 9.47 Å². The second kappa shape index (κ2) is 2.44. The number of ether oxygens (including phenoxy) is 2. The highest BCUT2D eigenvalue weighted by atomic mass is 16.6. The number of hydrogen-bond donors (Lipinski definition) is 1. The predicted molar refractivity (Wildman–Crippen MR) is 44.0 cm³/mol. The fourth-order valence-corrected chi connectivity index (χ4v) is 2.30. The molecule has 0 aliphatic carbocycles. The molecule has 0 radical (unpaired) electrons. The summed E-state index contributed by atoms with van der Waals surface area (Å²) in [6.45, 7) is 5.19. The van der Waals surface area contributed by atoms with Gasteiger partial charge in [0.1, 0.15) is 11.7 Å². The van der Waals surface area contributed by atoms with Gasteiger partial charge in [-0.3, -0.25) is 0 Å². The summed E-state index contributed by atoms with van der Waals surface area (Å²) < 4.78 is 11.0. The molecule has 2 heterocycles. The molecule has 2 atom stereocenters. The molecule has 0 aromatic rings. The first-order valence-electron chi connectivity index (χ1n) is 4.53. The average Bonchev–Trinajstić information content (AvgIpc) is 2.05. The van der Waals surface area contributed by atoms with E-state index >= 15 is 0 Å². The third-order valence-electron chi connectivity index (χ3n) is 2.86. The first kappa shape index (κ1) is 8.48. The molecule has 0 saturated carbocycles. The monoisotopic (exact) mass is 172 g/mol. The lowest BCUT2D eigenvalue weighted by atomic mass is 9.75. The van der Waals surface area contributed by atoms with Crippen LogP contribution in [0.1, 0.15) is 26.7 Å². The quantitative estimate of drug-likeness (QED) is 0.584. The molecule has 2 fully saturated rings. The van der Waals surface area contributed by atoms with E-state index < -0.39 is 0 Å². The van der Waals surface area contributed by atoms with E-state index in [1.54, 1.807) is 0 Å². The Hall–Kier alpha value is -0.120. The van der Waals surface area contributed by atoms with Crippen LogP contribution in [0.25, 0.3) is 0 Å². The van der Waals surface area contributed by atoms with Crippen LogP contribution >= 0.6 is 0 Å². The summed E-state index contributed by atoms with van der Waals surface area (Å²) >= 11 is 0. The van der Waals surface area contributed by atoms with Crippen LogP contribution in [0, 0.1) is 0 Å². The summed E-state index contributed by atoms with van der Waals surface area (Å²) in [7, 11) is 0. The molecule has 1 N–H and O–H groups in total. The zero-order chi connectivity index (χ0) is 8.82. The molecule has 2 saturated heterocycles. The molecule has 12 heavy (non-hydrogen) atoms. The highest BCUT2D eigenvalue weighted by molar-refractivity contribution is 5.08. The van der Waals surface area contributed by atoms with Crippen LogP contribution in [0.2, 0.25) is 0 Å². The second-order valence-electron chi connectivity index (χ2n) is 4.33. The van der Waals surface area contributed by atoms with Crippen molar-refractivity contribution in [2.24, 2.45) is 0 Å². The summed E-state index contributed by atoms with van der Waals surface area (Å²) in [6, 6.07) is 0. The van der Waals surface area contributed by atoms with Crippen molar-refractivity contribution in [3.63, 3.8) is 0 Å². The van der Waals surface area contributed by atoms with Crippen molar-refractivity contribution in [2.75, 3.05) is 13.2 Å². The van der Waals surface area contributed by atoms with E-state index in [1.807, 2.05) is 13.8 Å². The van der Waals surface area contributed by atoms with E-state index in [9.17, 15) is 5.11 Å². The van der Waals surface area contributed by atoms with Crippen LogP contribution in [0.4, 0.5) is 0 Å². The number of aliphatic hydroxyl groups excluding tert-OH is 1. The number of rotatable bonds is 0. The molecule has 2 aliphatic rings. The number of aliphatic hydroxyl groups is 1.